The van der Waals surface area contributed by atoms with Crippen molar-refractivity contribution in [1.29, 1.82) is 0 Å². The predicted octanol–water partition coefficient (Wildman–Crippen LogP) is -0.352. The van der Waals surface area contributed by atoms with Gasteiger partial charge in [-0.25, -0.2) is 0 Å². The number of hydrogen-bond donors (Lipinski definition) is 3. The molecule has 14 heavy (non-hydrogen) atoms. The quantitative estimate of drug-likeness (QED) is 0.560. The fraction of sp³-hybridized carbons (Fsp3) is 1.00. The van der Waals surface area contributed by atoms with E-state index in [1.54, 1.807) is 25.9 Å². The molecular weight excluding hydrogens is 206 g/mol. The molecule has 0 aliphatic heterocycles. The summed E-state index contributed by atoms with van der Waals surface area (Å²) in [5, 5.41) is 27.3. The van der Waals surface area contributed by atoms with Crippen LogP contribution in [-0.2, 0) is 0 Å². The largest absolute Gasteiger partial charge is 0.394 e. The number of rotatable bonds is 5. The summed E-state index contributed by atoms with van der Waals surface area (Å²) in [5.41, 5.74) is -0.752. The highest BCUT2D eigenvalue weighted by molar-refractivity contribution is 6.22. The average molecular weight is 226 g/mol. The number of aliphatic hydroxyl groups excluding tert-OH is 3. The normalized spacial score (nSPS) is 22.9. The first-order valence-electron chi connectivity index (χ1n) is 4.56. The molecule has 0 aromatic rings. The second kappa shape index (κ2) is 5.28. The van der Waals surface area contributed by atoms with Crippen LogP contribution in [-0.4, -0.2) is 64.0 Å². The Morgan fingerprint density at radius 1 is 1.36 bits per heavy atom. The van der Waals surface area contributed by atoms with Crippen LogP contribution >= 0.6 is 11.6 Å². The van der Waals surface area contributed by atoms with Gasteiger partial charge in [-0.3, -0.25) is 0 Å². The smallest absolute Gasteiger partial charge is 0.0978 e. The molecule has 0 aliphatic carbocycles. The monoisotopic (exact) mass is 225 g/mol. The fourth-order valence-electron chi connectivity index (χ4n) is 1.09. The van der Waals surface area contributed by atoms with E-state index in [-0.39, 0.29) is 6.61 Å². The van der Waals surface area contributed by atoms with Gasteiger partial charge in [0, 0.05) is 0 Å². The highest BCUT2D eigenvalue weighted by Gasteiger charge is 2.40. The van der Waals surface area contributed by atoms with Gasteiger partial charge in [-0.2, -0.15) is 0 Å². The Balaban J connectivity index is 4.69. The molecule has 0 saturated heterocycles. The molecule has 0 aromatic heterocycles. The number of aliphatic hydroxyl groups is 3. The lowest BCUT2D eigenvalue weighted by atomic mass is 9.91. The Bertz CT molecular complexity index is 177. The van der Waals surface area contributed by atoms with Crippen molar-refractivity contribution >= 4 is 11.6 Å². The minimum Gasteiger partial charge on any atom is -0.394 e. The van der Waals surface area contributed by atoms with E-state index in [1.807, 2.05) is 0 Å². The highest BCUT2D eigenvalue weighted by atomic mass is 35.5. The molecule has 0 heterocycles. The van der Waals surface area contributed by atoms with Crippen LogP contribution in [0.1, 0.15) is 13.8 Å². The molecule has 4 nitrogen and oxygen atoms in total. The van der Waals surface area contributed by atoms with E-state index < -0.39 is 23.1 Å². The van der Waals surface area contributed by atoms with Gasteiger partial charge in [0.25, 0.3) is 0 Å². The SMILES string of the molecule is CC(O)C(O)C(Cl)C(C)(CO)N(C)C. The summed E-state index contributed by atoms with van der Waals surface area (Å²) in [5.74, 6) is 0. The van der Waals surface area contributed by atoms with Crippen molar-refractivity contribution in [2.75, 3.05) is 20.7 Å². The van der Waals surface area contributed by atoms with Crippen LogP contribution in [0.5, 0.6) is 0 Å². The van der Waals surface area contributed by atoms with E-state index in [2.05, 4.69) is 0 Å². The fourth-order valence-corrected chi connectivity index (χ4v) is 1.56. The van der Waals surface area contributed by atoms with Gasteiger partial charge in [0.1, 0.15) is 0 Å². The Morgan fingerprint density at radius 3 is 2.00 bits per heavy atom. The van der Waals surface area contributed by atoms with Crippen molar-refractivity contribution in [3.8, 4) is 0 Å². The standard InChI is InChI=1S/C9H20ClNO3/c1-6(13)7(14)8(10)9(2,5-12)11(3)4/h6-8,12-14H,5H2,1-4H3. The lowest BCUT2D eigenvalue weighted by Crippen LogP contribution is -2.57. The average Bonchev–Trinajstić information content (AvgIpc) is 2.13. The molecule has 0 amide bonds. The van der Waals surface area contributed by atoms with Crippen LogP contribution < -0.4 is 0 Å². The van der Waals surface area contributed by atoms with Gasteiger partial charge in [-0.1, -0.05) is 0 Å². The van der Waals surface area contributed by atoms with E-state index in [4.69, 9.17) is 11.6 Å². The van der Waals surface area contributed by atoms with Gasteiger partial charge in [0.05, 0.1) is 29.7 Å². The third kappa shape index (κ3) is 2.81. The van der Waals surface area contributed by atoms with Crippen molar-refractivity contribution in [3.63, 3.8) is 0 Å². The molecule has 86 valence electrons. The zero-order chi connectivity index (χ0) is 11.5. The zero-order valence-electron chi connectivity index (χ0n) is 9.11. The molecule has 0 aromatic carbocycles. The van der Waals surface area contributed by atoms with E-state index in [1.165, 1.54) is 6.92 Å². The molecule has 0 rings (SSSR count). The minimum atomic E-state index is -1.06. The van der Waals surface area contributed by atoms with Crippen LogP contribution in [0.25, 0.3) is 0 Å². The predicted molar refractivity (Wildman–Crippen MR) is 56.5 cm³/mol. The molecule has 0 fully saturated rings. The van der Waals surface area contributed by atoms with Crippen LogP contribution in [0.15, 0.2) is 0 Å². The van der Waals surface area contributed by atoms with E-state index >= 15 is 0 Å². The number of likely N-dealkylation sites (N-methyl/N-ethyl adjacent to an activating group) is 1. The van der Waals surface area contributed by atoms with Gasteiger partial charge < -0.3 is 20.2 Å². The third-order valence-electron chi connectivity index (χ3n) is 2.73. The Labute approximate surface area is 90.1 Å². The van der Waals surface area contributed by atoms with E-state index in [0.717, 1.165) is 0 Å². The second-order valence-corrected chi connectivity index (χ2v) is 4.51. The van der Waals surface area contributed by atoms with Crippen LogP contribution in [0.4, 0.5) is 0 Å². The van der Waals surface area contributed by atoms with Crippen molar-refractivity contribution in [3.05, 3.63) is 0 Å². The first kappa shape index (κ1) is 14.1. The van der Waals surface area contributed by atoms with Gasteiger partial charge in [-0.15, -0.1) is 11.6 Å². The summed E-state index contributed by atoms with van der Waals surface area (Å²) in [4.78, 5) is 1.73. The van der Waals surface area contributed by atoms with Gasteiger partial charge in [-0.05, 0) is 27.9 Å². The molecule has 0 spiro atoms. The van der Waals surface area contributed by atoms with Crippen molar-refractivity contribution in [1.82, 2.24) is 4.90 Å². The molecule has 3 N–H and O–H groups in total. The maximum Gasteiger partial charge on any atom is 0.0978 e. The van der Waals surface area contributed by atoms with Gasteiger partial charge in [0.15, 0.2) is 0 Å². The van der Waals surface area contributed by atoms with Crippen molar-refractivity contribution < 1.29 is 15.3 Å². The Hall–Kier alpha value is 0.130. The summed E-state index contributed by atoms with van der Waals surface area (Å²) in [7, 11) is 3.53. The molecule has 4 atom stereocenters. The Kier molecular flexibility index (Phi) is 5.33. The van der Waals surface area contributed by atoms with Crippen LogP contribution in [0, 0.1) is 0 Å². The summed E-state index contributed by atoms with van der Waals surface area (Å²) in [6, 6.07) is 0. The molecule has 5 heteroatoms. The van der Waals surface area contributed by atoms with E-state index in [9.17, 15) is 15.3 Å². The minimum absolute atomic E-state index is 0.183. The zero-order valence-corrected chi connectivity index (χ0v) is 9.86. The molecule has 0 radical (unpaired) electrons. The molecule has 0 bridgehead atoms. The maximum atomic E-state index is 9.59. The van der Waals surface area contributed by atoms with Crippen molar-refractivity contribution in [2.24, 2.45) is 0 Å². The van der Waals surface area contributed by atoms with Gasteiger partial charge in [0.2, 0.25) is 0 Å². The maximum absolute atomic E-state index is 9.59. The summed E-state index contributed by atoms with van der Waals surface area (Å²) in [6.07, 6.45) is -1.97. The number of alkyl halides is 1. The van der Waals surface area contributed by atoms with Crippen LogP contribution in [0.3, 0.4) is 0 Å². The Morgan fingerprint density at radius 2 is 1.79 bits per heavy atom. The highest BCUT2D eigenvalue weighted by Crippen LogP contribution is 2.25. The number of halogens is 1. The second-order valence-electron chi connectivity index (χ2n) is 4.04. The number of hydrogen-bond acceptors (Lipinski definition) is 4. The topological polar surface area (TPSA) is 63.9 Å². The molecule has 4 unspecified atom stereocenters. The lowest BCUT2D eigenvalue weighted by Gasteiger charge is -2.41. The van der Waals surface area contributed by atoms with Crippen LogP contribution in [0.2, 0.25) is 0 Å². The lowest BCUT2D eigenvalue weighted by molar-refractivity contribution is -0.0197. The van der Waals surface area contributed by atoms with Gasteiger partial charge >= 0.3 is 0 Å². The first-order chi connectivity index (χ1) is 6.27. The summed E-state index contributed by atoms with van der Waals surface area (Å²) in [6.45, 7) is 3.02. The summed E-state index contributed by atoms with van der Waals surface area (Å²) < 4.78 is 0. The first-order valence-corrected chi connectivity index (χ1v) is 4.99. The summed E-state index contributed by atoms with van der Waals surface area (Å²) >= 11 is 6.02. The molecule has 0 aliphatic rings. The third-order valence-corrected chi connectivity index (χ3v) is 3.46. The molecule has 0 saturated carbocycles. The van der Waals surface area contributed by atoms with E-state index in [0.29, 0.717) is 0 Å². The number of nitrogens with zero attached hydrogens (tertiary/aromatic N) is 1. The molecular formula is C9H20ClNO3. The van der Waals surface area contributed by atoms with Crippen molar-refractivity contribution in [2.45, 2.75) is 37.0 Å².